The Balaban J connectivity index is 1.02. The highest BCUT2D eigenvalue weighted by Gasteiger charge is 2.70. The lowest BCUT2D eigenvalue weighted by Crippen LogP contribution is -2.65. The van der Waals surface area contributed by atoms with E-state index in [-0.39, 0.29) is 34.5 Å². The number of fused-ring (bicyclic) bond motifs is 5. The minimum Gasteiger partial charge on any atom is -0.394 e. The van der Waals surface area contributed by atoms with E-state index >= 15 is 0 Å². The number of aliphatic hydroxyl groups excluding tert-OH is 12. The highest BCUT2D eigenvalue weighted by atomic mass is 16.8. The molecule has 18 heteroatoms. The molecule has 0 spiro atoms. The minimum absolute atomic E-state index is 0.0737. The molecule has 0 aromatic heterocycles. The molecule has 7 aliphatic rings. The second-order valence-electron chi connectivity index (χ2n) is 23.0. The van der Waals surface area contributed by atoms with Crippen LogP contribution in [0.4, 0.5) is 0 Å². The van der Waals surface area contributed by atoms with Crippen molar-refractivity contribution in [2.24, 2.45) is 45.3 Å². The Morgan fingerprint density at radius 1 is 0.697 bits per heavy atom. The van der Waals surface area contributed by atoms with Gasteiger partial charge in [-0.05, 0) is 107 Å². The molecule has 3 saturated heterocycles. The van der Waals surface area contributed by atoms with Gasteiger partial charge in [-0.3, -0.25) is 0 Å². The molecular weight excluding hydrogens is 865 g/mol. The van der Waals surface area contributed by atoms with Crippen molar-refractivity contribution in [3.05, 3.63) is 11.6 Å². The van der Waals surface area contributed by atoms with Crippen molar-refractivity contribution in [2.75, 3.05) is 13.2 Å². The number of hydrogen-bond acceptors (Lipinski definition) is 18. The van der Waals surface area contributed by atoms with Gasteiger partial charge in [0.05, 0.1) is 43.2 Å². The molecule has 0 amide bonds. The highest BCUT2D eigenvalue weighted by Crippen LogP contribution is 2.75. The maximum Gasteiger partial charge on any atom is 0.187 e. The summed E-state index contributed by atoms with van der Waals surface area (Å²) in [5.41, 5.74) is -1.39. The Hall–Kier alpha value is -0.980. The summed E-state index contributed by atoms with van der Waals surface area (Å²) >= 11 is 0. The molecule has 382 valence electrons. The van der Waals surface area contributed by atoms with Crippen LogP contribution in [0.25, 0.3) is 0 Å². The van der Waals surface area contributed by atoms with Gasteiger partial charge in [-0.25, -0.2) is 0 Å². The third-order valence-electron chi connectivity index (χ3n) is 18.8. The first kappa shape index (κ1) is 52.8. The molecule has 0 aromatic carbocycles. The van der Waals surface area contributed by atoms with Gasteiger partial charge in [0.1, 0.15) is 67.1 Å². The monoisotopic (exact) mass is 947 g/mol. The molecule has 3 aliphatic heterocycles. The van der Waals surface area contributed by atoms with Gasteiger partial charge in [-0.1, -0.05) is 53.2 Å². The number of ether oxygens (including phenoxy) is 6. The van der Waals surface area contributed by atoms with Crippen LogP contribution >= 0.6 is 0 Å². The third kappa shape index (κ3) is 8.69. The first-order valence-corrected chi connectivity index (χ1v) is 24.4. The van der Waals surface area contributed by atoms with Gasteiger partial charge in [-0.15, -0.1) is 0 Å². The van der Waals surface area contributed by atoms with E-state index < -0.39 is 140 Å². The van der Waals surface area contributed by atoms with Gasteiger partial charge in [-0.2, -0.15) is 0 Å². The zero-order chi connectivity index (χ0) is 48.8. The maximum atomic E-state index is 12.5. The Labute approximate surface area is 388 Å². The third-order valence-corrected chi connectivity index (χ3v) is 18.8. The van der Waals surface area contributed by atoms with E-state index in [1.165, 1.54) is 12.5 Å². The average Bonchev–Trinajstić information content (AvgIpc) is 3.53. The molecule has 0 bridgehead atoms. The van der Waals surface area contributed by atoms with Crippen LogP contribution in [0.1, 0.15) is 114 Å². The van der Waals surface area contributed by atoms with Crippen LogP contribution in [-0.2, 0) is 28.4 Å². The molecule has 3 saturated carbocycles. The molecule has 4 aliphatic carbocycles. The van der Waals surface area contributed by atoms with Gasteiger partial charge in [0.25, 0.3) is 0 Å². The summed E-state index contributed by atoms with van der Waals surface area (Å²) in [6.45, 7) is 17.0. The number of rotatable bonds is 13. The Bertz CT molecular complexity index is 1700. The second kappa shape index (κ2) is 19.2. The molecule has 3 heterocycles. The SMILES string of the molecule is C[C@H](CC[C@@H](O)C(C)(C)O[C@@H]1O[C@H](CO)[C@@H](O)[C@H](O)[C@H]1O[C@@H]1O[C@@H](C)[C@H](O)[C@@H](O)[C@H]1O)[C@H]1CC[C@@]2(C)[C@@H]3CC=C4[C@@H](CC[C@H](O[C@H]5O[C@H](CO)[C@@H](O)[C@H](O)[C@H]5O)C4(C)C)[C@]3(C)[C@H](O)C[C@]12C. The van der Waals surface area contributed by atoms with Crippen molar-refractivity contribution < 1.29 is 89.7 Å². The molecule has 0 radical (unpaired) electrons. The van der Waals surface area contributed by atoms with Crippen molar-refractivity contribution in [3.8, 4) is 0 Å². The van der Waals surface area contributed by atoms with Gasteiger partial charge >= 0.3 is 0 Å². The van der Waals surface area contributed by atoms with E-state index in [4.69, 9.17) is 28.4 Å². The normalized spacial score (nSPS) is 51.6. The molecule has 0 aromatic rings. The zero-order valence-electron chi connectivity index (χ0n) is 40.2. The van der Waals surface area contributed by atoms with E-state index in [9.17, 15) is 61.3 Å². The fraction of sp³-hybridized carbons (Fsp3) is 0.958. The van der Waals surface area contributed by atoms with Crippen molar-refractivity contribution >= 4 is 0 Å². The smallest absolute Gasteiger partial charge is 0.187 e. The molecule has 0 unspecified atom stereocenters. The molecule has 18 nitrogen and oxygen atoms in total. The quantitative estimate of drug-likeness (QED) is 0.108. The minimum atomic E-state index is -1.72. The van der Waals surface area contributed by atoms with Crippen molar-refractivity contribution in [2.45, 2.75) is 230 Å². The summed E-state index contributed by atoms with van der Waals surface area (Å²) in [5, 5.41) is 129. The second-order valence-corrected chi connectivity index (χ2v) is 23.0. The first-order valence-electron chi connectivity index (χ1n) is 24.4. The van der Waals surface area contributed by atoms with Gasteiger partial charge in [0.2, 0.25) is 0 Å². The van der Waals surface area contributed by atoms with E-state index in [2.05, 4.69) is 47.6 Å². The number of aliphatic hydroxyl groups is 12. The molecule has 7 rings (SSSR count). The largest absolute Gasteiger partial charge is 0.394 e. The van der Waals surface area contributed by atoms with Gasteiger partial charge in [0, 0.05) is 10.8 Å². The van der Waals surface area contributed by atoms with E-state index in [0.29, 0.717) is 25.7 Å². The van der Waals surface area contributed by atoms with Crippen LogP contribution < -0.4 is 0 Å². The van der Waals surface area contributed by atoms with Crippen LogP contribution in [0, 0.1) is 45.3 Å². The standard InChI is InChI=1S/C48H82O18/c1-21(10-14-29(51)45(5,6)66-43-40(37(58)34(55)27(20-50)63-43)65-41-38(59)35(56)32(53)22(2)61-41)23-16-17-46(7)28-13-11-24-25(48(28,9)30(52)18-47(23,46)8)12-15-31(44(24,3)4)64-42-39(60)36(57)33(54)26(19-49)62-42/h11,21-23,25-43,49-60H,10,12-20H2,1-9H3/t21-,22+,23-,25-,26-,27-,28+,29-,30-,31+,32+,33-,34-,35-,36+,37+,38-,39-,40-,41+,42-,43+,46+,47-,48+/m1/s1. The fourth-order valence-corrected chi connectivity index (χ4v) is 14.2. The van der Waals surface area contributed by atoms with E-state index in [1.54, 1.807) is 13.8 Å². The highest BCUT2D eigenvalue weighted by molar-refractivity contribution is 5.32. The van der Waals surface area contributed by atoms with Crippen LogP contribution in [0.2, 0.25) is 0 Å². The van der Waals surface area contributed by atoms with Crippen molar-refractivity contribution in [1.82, 2.24) is 0 Å². The van der Waals surface area contributed by atoms with Gasteiger partial charge in [0.15, 0.2) is 18.9 Å². The Morgan fingerprint density at radius 3 is 1.89 bits per heavy atom. The molecule has 25 atom stereocenters. The Kier molecular flexibility index (Phi) is 15.4. The summed E-state index contributed by atoms with van der Waals surface area (Å²) in [5.74, 6) is 0.640. The van der Waals surface area contributed by atoms with Crippen LogP contribution in [0.15, 0.2) is 11.6 Å². The summed E-state index contributed by atoms with van der Waals surface area (Å²) in [6, 6.07) is 0. The van der Waals surface area contributed by atoms with Crippen molar-refractivity contribution in [1.29, 1.82) is 0 Å². The Morgan fingerprint density at radius 2 is 1.27 bits per heavy atom. The maximum absolute atomic E-state index is 12.5. The van der Waals surface area contributed by atoms with Gasteiger partial charge < -0.3 is 89.7 Å². The molecule has 6 fully saturated rings. The lowest BCUT2D eigenvalue weighted by atomic mass is 9.38. The van der Waals surface area contributed by atoms with Crippen LogP contribution in [0.3, 0.4) is 0 Å². The molecule has 12 N–H and O–H groups in total. The molecular formula is C48H82O18. The lowest BCUT2D eigenvalue weighted by molar-refractivity contribution is -0.378. The lowest BCUT2D eigenvalue weighted by Gasteiger charge is -2.67. The van der Waals surface area contributed by atoms with E-state index in [0.717, 1.165) is 25.7 Å². The predicted molar refractivity (Wildman–Crippen MR) is 234 cm³/mol. The summed E-state index contributed by atoms with van der Waals surface area (Å²) < 4.78 is 35.8. The summed E-state index contributed by atoms with van der Waals surface area (Å²) in [4.78, 5) is 0. The average molecular weight is 947 g/mol. The fourth-order valence-electron chi connectivity index (χ4n) is 14.2. The zero-order valence-corrected chi connectivity index (χ0v) is 40.2. The first-order chi connectivity index (χ1) is 30.7. The van der Waals surface area contributed by atoms with Crippen LogP contribution in [-0.4, -0.2) is 191 Å². The summed E-state index contributed by atoms with van der Waals surface area (Å²) in [6.07, 6.45) is -15.6. The predicted octanol–water partition coefficient (Wildman–Crippen LogP) is -0.0284. The summed E-state index contributed by atoms with van der Waals surface area (Å²) in [7, 11) is 0. The van der Waals surface area contributed by atoms with Crippen LogP contribution in [0.5, 0.6) is 0 Å². The topological polar surface area (TPSA) is 298 Å². The number of hydrogen-bond donors (Lipinski definition) is 12. The number of allylic oxidation sites excluding steroid dienone is 1. The van der Waals surface area contributed by atoms with E-state index in [1.807, 2.05) is 0 Å². The molecule has 66 heavy (non-hydrogen) atoms. The van der Waals surface area contributed by atoms with Crippen molar-refractivity contribution in [3.63, 3.8) is 0 Å².